The largest absolute Gasteiger partial charge is 0.492 e. The van der Waals surface area contributed by atoms with Crippen molar-refractivity contribution in [2.24, 2.45) is 0 Å². The van der Waals surface area contributed by atoms with Gasteiger partial charge in [-0.25, -0.2) is 0 Å². The van der Waals surface area contributed by atoms with Crippen LogP contribution in [0, 0.1) is 0 Å². The van der Waals surface area contributed by atoms with Gasteiger partial charge in [0.1, 0.15) is 12.3 Å². The first kappa shape index (κ1) is 16.8. The first-order valence-electron chi connectivity index (χ1n) is 8.52. The third-order valence-electron chi connectivity index (χ3n) is 4.18. The molecule has 0 aliphatic carbocycles. The quantitative estimate of drug-likeness (QED) is 0.586. The molecule has 1 amide bonds. The van der Waals surface area contributed by atoms with E-state index in [2.05, 4.69) is 15.6 Å². The number of nitrogens with one attached hydrogen (secondary N) is 1. The Labute approximate surface area is 154 Å². The summed E-state index contributed by atoms with van der Waals surface area (Å²) >= 11 is 0. The maximum absolute atomic E-state index is 12.9. The number of nitrogens with zero attached hydrogens (tertiary/aromatic N) is 4. The SMILES string of the molecule is CCOc1ccccc1NC(=O)Cn1c(=O)c2ccccc2n2nncc12. The Balaban J connectivity index is 1.71. The van der Waals surface area contributed by atoms with Gasteiger partial charge in [-0.3, -0.25) is 14.2 Å². The Morgan fingerprint density at radius 2 is 1.93 bits per heavy atom. The van der Waals surface area contributed by atoms with E-state index in [1.807, 2.05) is 19.1 Å². The maximum Gasteiger partial charge on any atom is 0.262 e. The molecule has 136 valence electrons. The Morgan fingerprint density at radius 1 is 1.15 bits per heavy atom. The molecule has 1 N–H and O–H groups in total. The van der Waals surface area contributed by atoms with E-state index in [9.17, 15) is 9.59 Å². The molecule has 0 aliphatic rings. The van der Waals surface area contributed by atoms with Gasteiger partial charge in [0.25, 0.3) is 5.56 Å². The highest BCUT2D eigenvalue weighted by Crippen LogP contribution is 2.23. The number of fused-ring (bicyclic) bond motifs is 3. The van der Waals surface area contributed by atoms with Crippen LogP contribution in [-0.4, -0.2) is 31.9 Å². The summed E-state index contributed by atoms with van der Waals surface area (Å²) in [6.45, 7) is 2.19. The monoisotopic (exact) mass is 363 g/mol. The summed E-state index contributed by atoms with van der Waals surface area (Å²) in [4.78, 5) is 25.5. The van der Waals surface area contributed by atoms with Crippen LogP contribution in [0.4, 0.5) is 5.69 Å². The van der Waals surface area contributed by atoms with Crippen LogP contribution in [0.1, 0.15) is 6.92 Å². The molecule has 0 radical (unpaired) electrons. The lowest BCUT2D eigenvalue weighted by atomic mass is 10.2. The van der Waals surface area contributed by atoms with Crippen molar-refractivity contribution in [3.63, 3.8) is 0 Å². The van der Waals surface area contributed by atoms with Crippen LogP contribution in [0.2, 0.25) is 0 Å². The van der Waals surface area contributed by atoms with Gasteiger partial charge in [-0.15, -0.1) is 5.10 Å². The zero-order chi connectivity index (χ0) is 18.8. The summed E-state index contributed by atoms with van der Waals surface area (Å²) < 4.78 is 8.44. The zero-order valence-electron chi connectivity index (χ0n) is 14.6. The van der Waals surface area contributed by atoms with Crippen molar-refractivity contribution in [3.05, 3.63) is 65.1 Å². The predicted octanol–water partition coefficient (Wildman–Crippen LogP) is 2.08. The predicted molar refractivity (Wildman–Crippen MR) is 101 cm³/mol. The lowest BCUT2D eigenvalue weighted by Gasteiger charge is -2.13. The van der Waals surface area contributed by atoms with Crippen molar-refractivity contribution in [3.8, 4) is 5.75 Å². The number of para-hydroxylation sites is 3. The number of hydrogen-bond acceptors (Lipinski definition) is 5. The lowest BCUT2D eigenvalue weighted by Crippen LogP contribution is -2.29. The van der Waals surface area contributed by atoms with Crippen molar-refractivity contribution in [2.75, 3.05) is 11.9 Å². The summed E-state index contributed by atoms with van der Waals surface area (Å²) in [7, 11) is 0. The summed E-state index contributed by atoms with van der Waals surface area (Å²) in [5.41, 5.74) is 1.38. The third-order valence-corrected chi connectivity index (χ3v) is 4.18. The second-order valence-electron chi connectivity index (χ2n) is 5.89. The second-order valence-corrected chi connectivity index (χ2v) is 5.89. The lowest BCUT2D eigenvalue weighted by molar-refractivity contribution is -0.116. The molecule has 4 rings (SSSR count). The van der Waals surface area contributed by atoms with E-state index in [1.165, 1.54) is 10.8 Å². The molecule has 0 fully saturated rings. The van der Waals surface area contributed by atoms with Crippen LogP contribution in [0.5, 0.6) is 5.75 Å². The van der Waals surface area contributed by atoms with Crippen LogP contribution in [0.15, 0.2) is 59.5 Å². The van der Waals surface area contributed by atoms with Crippen molar-refractivity contribution in [2.45, 2.75) is 13.5 Å². The molecule has 0 bridgehead atoms. The molecule has 0 spiro atoms. The van der Waals surface area contributed by atoms with Crippen LogP contribution >= 0.6 is 0 Å². The number of carbonyl (C=O) groups excluding carboxylic acids is 1. The number of anilines is 1. The van der Waals surface area contributed by atoms with Crippen molar-refractivity contribution < 1.29 is 9.53 Å². The maximum atomic E-state index is 12.9. The molecule has 0 saturated heterocycles. The molecule has 27 heavy (non-hydrogen) atoms. The third kappa shape index (κ3) is 3.01. The summed E-state index contributed by atoms with van der Waals surface area (Å²) in [6.07, 6.45) is 1.47. The highest BCUT2D eigenvalue weighted by atomic mass is 16.5. The van der Waals surface area contributed by atoms with Gasteiger partial charge in [0, 0.05) is 0 Å². The number of amides is 1. The molecule has 0 atom stereocenters. The number of aromatic nitrogens is 4. The average Bonchev–Trinajstić information content (AvgIpc) is 3.17. The van der Waals surface area contributed by atoms with Crippen LogP contribution in [-0.2, 0) is 11.3 Å². The molecule has 8 nitrogen and oxygen atoms in total. The normalized spacial score (nSPS) is 11.0. The number of ether oxygens (including phenoxy) is 1. The van der Waals surface area contributed by atoms with E-state index >= 15 is 0 Å². The molecule has 2 aromatic carbocycles. The Bertz CT molecular complexity index is 1190. The van der Waals surface area contributed by atoms with E-state index in [1.54, 1.807) is 40.9 Å². The van der Waals surface area contributed by atoms with Gasteiger partial charge in [0.05, 0.1) is 29.4 Å². The molecule has 2 aromatic heterocycles. The van der Waals surface area contributed by atoms with E-state index in [4.69, 9.17) is 4.74 Å². The highest BCUT2D eigenvalue weighted by molar-refractivity contribution is 5.92. The fourth-order valence-electron chi connectivity index (χ4n) is 3.01. The first-order chi connectivity index (χ1) is 13.2. The molecule has 4 aromatic rings. The molecule has 0 saturated carbocycles. The van der Waals surface area contributed by atoms with E-state index in [-0.39, 0.29) is 18.0 Å². The van der Waals surface area contributed by atoms with Crippen molar-refractivity contribution in [1.82, 2.24) is 19.4 Å². The minimum absolute atomic E-state index is 0.166. The molecule has 0 aliphatic heterocycles. The molecular formula is C19H17N5O3. The van der Waals surface area contributed by atoms with E-state index in [0.29, 0.717) is 34.6 Å². The standard InChI is InChI=1S/C19H17N5O3/c1-2-27-16-10-6-4-8-14(16)21-17(25)12-23-18-11-20-22-24(18)15-9-5-3-7-13(15)19(23)26/h3-11H,2,12H2,1H3,(H,21,25). The summed E-state index contributed by atoms with van der Waals surface area (Å²) in [5, 5.41) is 11.2. The Kier molecular flexibility index (Phi) is 4.29. The van der Waals surface area contributed by atoms with Crippen LogP contribution in [0.25, 0.3) is 16.6 Å². The fourth-order valence-corrected chi connectivity index (χ4v) is 3.01. The second kappa shape index (κ2) is 6.91. The number of hydrogen-bond donors (Lipinski definition) is 1. The van der Waals surface area contributed by atoms with Crippen LogP contribution in [0.3, 0.4) is 0 Å². The molecule has 8 heteroatoms. The van der Waals surface area contributed by atoms with E-state index < -0.39 is 0 Å². The van der Waals surface area contributed by atoms with Crippen LogP contribution < -0.4 is 15.6 Å². The number of rotatable bonds is 5. The fraction of sp³-hybridized carbons (Fsp3) is 0.158. The van der Waals surface area contributed by atoms with Gasteiger partial charge in [0.15, 0.2) is 5.65 Å². The van der Waals surface area contributed by atoms with Gasteiger partial charge in [-0.1, -0.05) is 29.5 Å². The van der Waals surface area contributed by atoms with Crippen molar-refractivity contribution in [1.29, 1.82) is 0 Å². The number of carbonyl (C=O) groups is 1. The summed E-state index contributed by atoms with van der Waals surface area (Å²) in [5.74, 6) is 0.234. The van der Waals surface area contributed by atoms with Gasteiger partial charge in [-0.05, 0) is 31.2 Å². The molecular weight excluding hydrogens is 346 g/mol. The molecule has 2 heterocycles. The summed E-state index contributed by atoms with van der Waals surface area (Å²) in [6, 6.07) is 14.3. The minimum Gasteiger partial charge on any atom is -0.492 e. The smallest absolute Gasteiger partial charge is 0.262 e. The van der Waals surface area contributed by atoms with Crippen molar-refractivity contribution >= 4 is 28.1 Å². The Hall–Kier alpha value is -3.68. The highest BCUT2D eigenvalue weighted by Gasteiger charge is 2.15. The van der Waals surface area contributed by atoms with Gasteiger partial charge in [-0.2, -0.15) is 4.52 Å². The average molecular weight is 363 g/mol. The minimum atomic E-state index is -0.345. The van der Waals surface area contributed by atoms with Gasteiger partial charge in [0.2, 0.25) is 5.91 Å². The van der Waals surface area contributed by atoms with E-state index in [0.717, 1.165) is 0 Å². The van der Waals surface area contributed by atoms with Gasteiger partial charge < -0.3 is 10.1 Å². The number of benzene rings is 2. The Morgan fingerprint density at radius 3 is 2.78 bits per heavy atom. The topological polar surface area (TPSA) is 90.5 Å². The molecule has 0 unspecified atom stereocenters. The first-order valence-corrected chi connectivity index (χ1v) is 8.52. The van der Waals surface area contributed by atoms with Gasteiger partial charge >= 0.3 is 0 Å². The zero-order valence-corrected chi connectivity index (χ0v) is 14.6.